The zero-order chi connectivity index (χ0) is 14.0. The summed E-state index contributed by atoms with van der Waals surface area (Å²) in [4.78, 5) is 23.2. The molecule has 0 fully saturated rings. The highest BCUT2D eigenvalue weighted by Crippen LogP contribution is 2.28. The van der Waals surface area contributed by atoms with Crippen molar-refractivity contribution < 1.29 is 9.59 Å². The van der Waals surface area contributed by atoms with Crippen molar-refractivity contribution in [2.75, 3.05) is 0 Å². The number of ketones is 1. The number of Topliss-reactive ketones (excluding diaryl/α,β-unsaturated/α-hetero) is 1. The fraction of sp³-hybridized carbons (Fsp3) is 0.200. The number of rotatable bonds is 4. The van der Waals surface area contributed by atoms with Crippen LogP contribution in [0.25, 0.3) is 11.1 Å². The van der Waals surface area contributed by atoms with Crippen LogP contribution < -0.4 is 0 Å². The smallest absolute Gasteiger partial charge is 0.294 e. The molecule has 0 N–H and O–H groups in total. The normalized spacial score (nSPS) is 10.5. The molecule has 0 atom stereocenters. The summed E-state index contributed by atoms with van der Waals surface area (Å²) >= 11 is 5.34. The maximum absolute atomic E-state index is 12.0. The highest BCUT2D eigenvalue weighted by molar-refractivity contribution is 6.83. The average Bonchev–Trinajstić information content (AvgIpc) is 2.75. The summed E-state index contributed by atoms with van der Waals surface area (Å²) in [6.45, 7) is 2.00. The molecule has 2 aromatic rings. The minimum absolute atomic E-state index is 0.350. The lowest BCUT2D eigenvalue weighted by Crippen LogP contribution is -2.14. The number of aromatic nitrogens is 1. The maximum Gasteiger partial charge on any atom is 0.294 e. The maximum atomic E-state index is 12.0. The predicted octanol–water partition coefficient (Wildman–Crippen LogP) is 3.20. The van der Waals surface area contributed by atoms with Gasteiger partial charge in [0.1, 0.15) is 5.69 Å². The highest BCUT2D eigenvalue weighted by Gasteiger charge is 2.23. The largest absolute Gasteiger partial charge is 0.344 e. The van der Waals surface area contributed by atoms with Crippen molar-refractivity contribution in [2.24, 2.45) is 7.05 Å². The molecule has 1 aromatic heterocycles. The van der Waals surface area contributed by atoms with Crippen molar-refractivity contribution in [1.29, 1.82) is 0 Å². The molecule has 0 aliphatic rings. The van der Waals surface area contributed by atoms with Gasteiger partial charge in [0.15, 0.2) is 0 Å². The number of halogens is 1. The fourth-order valence-corrected chi connectivity index (χ4v) is 2.29. The predicted molar refractivity (Wildman–Crippen MR) is 75.4 cm³/mol. The second-order valence-corrected chi connectivity index (χ2v) is 4.62. The van der Waals surface area contributed by atoms with E-state index in [1.165, 1.54) is 0 Å². The molecule has 0 saturated heterocycles. The molecule has 3 nitrogen and oxygen atoms in total. The minimum atomic E-state index is -0.957. The van der Waals surface area contributed by atoms with E-state index in [9.17, 15) is 9.59 Å². The number of benzene rings is 1. The molecule has 0 aliphatic heterocycles. The number of hydrogen-bond acceptors (Lipinski definition) is 2. The first-order valence-electron chi connectivity index (χ1n) is 6.04. The molecule has 0 unspecified atom stereocenters. The van der Waals surface area contributed by atoms with E-state index in [4.69, 9.17) is 11.6 Å². The summed E-state index contributed by atoms with van der Waals surface area (Å²) in [5.74, 6) is -0.664. The second-order valence-electron chi connectivity index (χ2n) is 4.28. The average molecular weight is 276 g/mol. The van der Waals surface area contributed by atoms with Crippen LogP contribution in [0.15, 0.2) is 36.4 Å². The number of hydrogen-bond donors (Lipinski definition) is 0. The quantitative estimate of drug-likeness (QED) is 0.488. The van der Waals surface area contributed by atoms with Crippen LogP contribution in [-0.4, -0.2) is 15.6 Å². The van der Waals surface area contributed by atoms with Crippen molar-refractivity contribution in [3.8, 4) is 11.1 Å². The zero-order valence-electron chi connectivity index (χ0n) is 10.8. The van der Waals surface area contributed by atoms with Crippen LogP contribution in [0.4, 0.5) is 0 Å². The minimum Gasteiger partial charge on any atom is -0.344 e. The molecule has 0 radical (unpaired) electrons. The molecule has 98 valence electrons. The summed E-state index contributed by atoms with van der Waals surface area (Å²) in [6.07, 6.45) is 0.778. The lowest BCUT2D eigenvalue weighted by molar-refractivity contribution is -0.108. The SMILES string of the molecule is CCc1cc(-c2ccccc2)c(C(=O)C(=O)Cl)n1C. The van der Waals surface area contributed by atoms with E-state index in [-0.39, 0.29) is 0 Å². The topological polar surface area (TPSA) is 39.1 Å². The van der Waals surface area contributed by atoms with Gasteiger partial charge in [-0.05, 0) is 29.7 Å². The van der Waals surface area contributed by atoms with Crippen LogP contribution in [0.1, 0.15) is 23.1 Å². The molecule has 1 heterocycles. The van der Waals surface area contributed by atoms with E-state index >= 15 is 0 Å². The summed E-state index contributed by atoms with van der Waals surface area (Å²) in [7, 11) is 1.78. The van der Waals surface area contributed by atoms with Crippen LogP contribution in [0.3, 0.4) is 0 Å². The summed E-state index contributed by atoms with van der Waals surface area (Å²) in [5, 5.41) is -0.957. The Labute approximate surface area is 116 Å². The third-order valence-corrected chi connectivity index (χ3v) is 3.34. The van der Waals surface area contributed by atoms with Crippen molar-refractivity contribution in [2.45, 2.75) is 13.3 Å². The molecule has 0 bridgehead atoms. The van der Waals surface area contributed by atoms with Gasteiger partial charge in [0.05, 0.1) is 0 Å². The molecule has 2 rings (SSSR count). The Balaban J connectivity index is 2.67. The molecule has 1 aromatic carbocycles. The van der Waals surface area contributed by atoms with Gasteiger partial charge in [0.2, 0.25) is 0 Å². The van der Waals surface area contributed by atoms with Gasteiger partial charge in [0, 0.05) is 18.3 Å². The lowest BCUT2D eigenvalue weighted by Gasteiger charge is -2.05. The van der Waals surface area contributed by atoms with Gasteiger partial charge in [-0.1, -0.05) is 37.3 Å². The number of nitrogens with zero attached hydrogens (tertiary/aromatic N) is 1. The van der Waals surface area contributed by atoms with Crippen LogP contribution in [0, 0.1) is 0 Å². The van der Waals surface area contributed by atoms with Crippen molar-refractivity contribution in [1.82, 2.24) is 4.57 Å². The molecular weight excluding hydrogens is 262 g/mol. The molecule has 19 heavy (non-hydrogen) atoms. The van der Waals surface area contributed by atoms with Gasteiger partial charge in [0.25, 0.3) is 11.0 Å². The molecule has 0 amide bonds. The van der Waals surface area contributed by atoms with Crippen LogP contribution in [-0.2, 0) is 18.3 Å². The first-order valence-corrected chi connectivity index (χ1v) is 6.42. The van der Waals surface area contributed by atoms with Crippen molar-refractivity contribution >= 4 is 22.6 Å². The van der Waals surface area contributed by atoms with Crippen LogP contribution in [0.2, 0.25) is 0 Å². The lowest BCUT2D eigenvalue weighted by atomic mass is 10.0. The second kappa shape index (κ2) is 5.41. The molecule has 0 saturated carbocycles. The van der Waals surface area contributed by atoms with E-state index in [1.54, 1.807) is 11.6 Å². The number of aryl methyl sites for hydroxylation is 1. The highest BCUT2D eigenvalue weighted by atomic mass is 35.5. The number of carbonyl (C=O) groups is 2. The van der Waals surface area contributed by atoms with E-state index in [0.717, 1.165) is 23.2 Å². The van der Waals surface area contributed by atoms with Gasteiger partial charge < -0.3 is 4.57 Å². The van der Waals surface area contributed by atoms with Gasteiger partial charge in [-0.25, -0.2) is 0 Å². The van der Waals surface area contributed by atoms with Crippen molar-refractivity contribution in [3.63, 3.8) is 0 Å². The van der Waals surface area contributed by atoms with Gasteiger partial charge >= 0.3 is 0 Å². The summed E-state index contributed by atoms with van der Waals surface area (Å²) < 4.78 is 1.74. The molecule has 0 aliphatic carbocycles. The van der Waals surface area contributed by atoms with Gasteiger partial charge in [-0.2, -0.15) is 0 Å². The third kappa shape index (κ3) is 2.47. The van der Waals surface area contributed by atoms with E-state index in [0.29, 0.717) is 5.69 Å². The Hall–Kier alpha value is -1.87. The van der Waals surface area contributed by atoms with Crippen LogP contribution >= 0.6 is 11.6 Å². The Bertz CT molecular complexity index is 629. The van der Waals surface area contributed by atoms with Crippen molar-refractivity contribution in [3.05, 3.63) is 47.8 Å². The standard InChI is InChI=1S/C15H14ClNO2/c1-3-11-9-12(10-7-5-4-6-8-10)13(17(11)2)14(18)15(16)19/h4-9H,3H2,1-2H3. The summed E-state index contributed by atoms with van der Waals surface area (Å²) in [5.41, 5.74) is 2.99. The first kappa shape index (κ1) is 13.6. The number of carbonyl (C=O) groups excluding carboxylic acids is 2. The Kier molecular flexibility index (Phi) is 3.86. The van der Waals surface area contributed by atoms with Crippen LogP contribution in [0.5, 0.6) is 0 Å². The molecule has 4 heteroatoms. The summed E-state index contributed by atoms with van der Waals surface area (Å²) in [6, 6.07) is 11.4. The molecular formula is C15H14ClNO2. The fourth-order valence-electron chi connectivity index (χ4n) is 2.20. The zero-order valence-corrected chi connectivity index (χ0v) is 11.6. The molecule has 0 spiro atoms. The van der Waals surface area contributed by atoms with E-state index in [1.807, 2.05) is 43.3 Å². The Morgan fingerprint density at radius 3 is 2.37 bits per heavy atom. The Morgan fingerprint density at radius 2 is 1.84 bits per heavy atom. The monoisotopic (exact) mass is 275 g/mol. The van der Waals surface area contributed by atoms with E-state index < -0.39 is 11.0 Å². The van der Waals surface area contributed by atoms with Gasteiger partial charge in [-0.15, -0.1) is 0 Å². The first-order chi connectivity index (χ1) is 9.06. The van der Waals surface area contributed by atoms with E-state index in [2.05, 4.69) is 0 Å². The van der Waals surface area contributed by atoms with Gasteiger partial charge in [-0.3, -0.25) is 9.59 Å². The third-order valence-electron chi connectivity index (χ3n) is 3.17. The Morgan fingerprint density at radius 1 is 1.21 bits per heavy atom.